The number of rotatable bonds is 16. The number of benzene rings is 8. The fourth-order valence-electron chi connectivity index (χ4n) is 11.8. The van der Waals surface area contributed by atoms with Crippen LogP contribution in [-0.4, -0.2) is 128 Å². The van der Waals surface area contributed by atoms with Crippen LogP contribution in [0, 0.1) is 73.0 Å². The summed E-state index contributed by atoms with van der Waals surface area (Å²) in [6, 6.07) is 47.8. The number of sulfone groups is 1. The molecule has 0 aliphatic carbocycles. The average molecular weight is 1600 g/mol. The van der Waals surface area contributed by atoms with Crippen LogP contribution in [0.15, 0.2) is 175 Å². The topological polar surface area (TPSA) is 161 Å². The SMILES string of the molecule is Cc1cc(Cl)cc(Oc2ccc(C#N)cc2CN2CCSCC2)c1.Cc1cc(Sc2ccc(C#N)cc2CN2CCOCC2)cc(C(F)(F)F)c1.Cc1cc(Sc2ccc(C#N)cc2CN2CCS(=O)(=O)CC2)cc(C(F)(F)F)c1.Cc1cc(Sc2ccc(C#N)cc2CN2CCSCC2)cc(C(F)(F)F)c1. The molecule has 0 amide bonds. The summed E-state index contributed by atoms with van der Waals surface area (Å²) in [5.74, 6) is 6.14. The molecule has 0 bridgehead atoms. The van der Waals surface area contributed by atoms with Crippen LogP contribution in [0.2, 0.25) is 5.02 Å². The number of alkyl halides is 9. The number of morpholine rings is 1. The van der Waals surface area contributed by atoms with Crippen molar-refractivity contribution in [2.75, 3.05) is 100 Å². The maximum Gasteiger partial charge on any atom is 0.416 e. The van der Waals surface area contributed by atoms with Crippen LogP contribution in [-0.2, 0) is 59.3 Å². The summed E-state index contributed by atoms with van der Waals surface area (Å²) in [5.41, 5.74) is 6.73. The highest BCUT2D eigenvalue weighted by atomic mass is 35.5. The second-order valence-corrected chi connectivity index (χ2v) is 34.3. The Kier molecular flexibility index (Phi) is 30.4. The van der Waals surface area contributed by atoms with Crippen molar-refractivity contribution in [2.24, 2.45) is 0 Å². The van der Waals surface area contributed by atoms with Crippen LogP contribution in [0.25, 0.3) is 0 Å². The maximum absolute atomic E-state index is 13.1. The fraction of sp³-hybridized carbons (Fsp3) is 0.342. The Balaban J connectivity index is 0.000000165. The summed E-state index contributed by atoms with van der Waals surface area (Å²) < 4.78 is 153. The molecule has 28 heteroatoms. The lowest BCUT2D eigenvalue weighted by molar-refractivity contribution is -0.138. The summed E-state index contributed by atoms with van der Waals surface area (Å²) >= 11 is 13.9. The lowest BCUT2D eigenvalue weighted by Gasteiger charge is -2.27. The van der Waals surface area contributed by atoms with Gasteiger partial charge >= 0.3 is 18.5 Å². The van der Waals surface area contributed by atoms with Gasteiger partial charge in [0.2, 0.25) is 0 Å². The van der Waals surface area contributed by atoms with Gasteiger partial charge in [-0.1, -0.05) is 46.9 Å². The van der Waals surface area contributed by atoms with Gasteiger partial charge in [-0.2, -0.15) is 84.1 Å². The highest BCUT2D eigenvalue weighted by molar-refractivity contribution is 8.00. The van der Waals surface area contributed by atoms with Crippen molar-refractivity contribution in [1.82, 2.24) is 19.6 Å². The zero-order valence-electron chi connectivity index (χ0n) is 58.9. The van der Waals surface area contributed by atoms with Crippen molar-refractivity contribution in [1.29, 1.82) is 21.0 Å². The predicted octanol–water partition coefficient (Wildman–Crippen LogP) is 19.6. The molecule has 8 aromatic carbocycles. The molecule has 0 radical (unpaired) electrons. The summed E-state index contributed by atoms with van der Waals surface area (Å²) in [7, 11) is -3.01. The van der Waals surface area contributed by atoms with Crippen molar-refractivity contribution in [3.63, 3.8) is 0 Å². The summed E-state index contributed by atoms with van der Waals surface area (Å²) in [6.45, 7) is 17.3. The Morgan fingerprint density at radius 1 is 0.430 bits per heavy atom. The zero-order chi connectivity index (χ0) is 77.1. The van der Waals surface area contributed by atoms with Crippen LogP contribution in [0.3, 0.4) is 0 Å². The van der Waals surface area contributed by atoms with E-state index in [1.165, 1.54) is 47.4 Å². The number of hydrogen-bond acceptors (Lipinski definition) is 17. The van der Waals surface area contributed by atoms with Crippen molar-refractivity contribution < 1.29 is 57.4 Å². The molecule has 4 aliphatic rings. The van der Waals surface area contributed by atoms with Gasteiger partial charge in [0, 0.05) is 142 Å². The molecule has 4 saturated heterocycles. The van der Waals surface area contributed by atoms with E-state index in [1.54, 1.807) is 75.4 Å². The molecular weight excluding hydrogens is 1520 g/mol. The van der Waals surface area contributed by atoms with E-state index >= 15 is 0 Å². The summed E-state index contributed by atoms with van der Waals surface area (Å²) in [4.78, 5) is 13.0. The predicted molar refractivity (Wildman–Crippen MR) is 407 cm³/mol. The van der Waals surface area contributed by atoms with Crippen LogP contribution in [0.4, 0.5) is 39.5 Å². The van der Waals surface area contributed by atoms with Gasteiger partial charge in [0.1, 0.15) is 11.5 Å². The number of nitriles is 4. The van der Waals surface area contributed by atoms with Gasteiger partial charge in [-0.15, -0.1) is 0 Å². The van der Waals surface area contributed by atoms with Gasteiger partial charge in [0.25, 0.3) is 0 Å². The van der Waals surface area contributed by atoms with E-state index in [4.69, 9.17) is 21.1 Å². The van der Waals surface area contributed by atoms with Gasteiger partial charge < -0.3 is 9.47 Å². The highest BCUT2D eigenvalue weighted by Gasteiger charge is 2.34. The fourth-order valence-corrected chi connectivity index (χ4v) is 18.6. The van der Waals surface area contributed by atoms with Crippen LogP contribution in [0.1, 0.15) is 83.5 Å². The second-order valence-electron chi connectivity index (χ2n) is 25.8. The first kappa shape index (κ1) is 83.7. The second kappa shape index (κ2) is 38.8. The number of thioether (sulfide) groups is 2. The first-order valence-corrected chi connectivity index (χ1v) is 40.9. The molecular formula is C79H76ClF9N8O4S6. The minimum atomic E-state index is -4.42. The molecule has 0 aromatic heterocycles. The number of hydrogen-bond donors (Lipinski definition) is 0. The number of halogens is 10. The summed E-state index contributed by atoms with van der Waals surface area (Å²) in [6.07, 6.45) is -13.2. The lowest BCUT2D eigenvalue weighted by atomic mass is 10.1. The molecule has 0 spiro atoms. The largest absolute Gasteiger partial charge is 0.457 e. The minimum Gasteiger partial charge on any atom is -0.457 e. The monoisotopic (exact) mass is 1600 g/mol. The van der Waals surface area contributed by atoms with E-state index in [1.807, 2.05) is 89.9 Å². The Labute approximate surface area is 645 Å². The van der Waals surface area contributed by atoms with E-state index in [0.29, 0.717) is 105 Å². The average Bonchev–Trinajstić information content (AvgIpc) is 0.795. The van der Waals surface area contributed by atoms with Gasteiger partial charge in [-0.05, 0) is 212 Å². The molecule has 4 heterocycles. The Morgan fingerprint density at radius 3 is 1.11 bits per heavy atom. The van der Waals surface area contributed by atoms with Gasteiger partial charge in [-0.3, -0.25) is 19.6 Å². The lowest BCUT2D eigenvalue weighted by Crippen LogP contribution is -2.39. The van der Waals surface area contributed by atoms with Crippen LogP contribution in [0.5, 0.6) is 11.5 Å². The Hall–Kier alpha value is -7.32. The molecule has 4 fully saturated rings. The molecule has 0 saturated carbocycles. The van der Waals surface area contributed by atoms with E-state index in [2.05, 4.69) is 39.0 Å². The smallest absolute Gasteiger partial charge is 0.416 e. The van der Waals surface area contributed by atoms with Crippen molar-refractivity contribution in [2.45, 2.75) is 102 Å². The van der Waals surface area contributed by atoms with Gasteiger partial charge in [-0.25, -0.2) is 8.42 Å². The molecule has 8 aromatic rings. The molecule has 12 nitrogen and oxygen atoms in total. The maximum atomic E-state index is 13.1. The number of aryl methyl sites for hydroxylation is 4. The number of nitrogens with zero attached hydrogens (tertiary/aromatic N) is 8. The van der Waals surface area contributed by atoms with Crippen molar-refractivity contribution in [3.05, 3.63) is 234 Å². The van der Waals surface area contributed by atoms with Crippen LogP contribution >= 0.6 is 70.4 Å². The van der Waals surface area contributed by atoms with E-state index in [0.717, 1.165) is 147 Å². The molecule has 4 aliphatic heterocycles. The van der Waals surface area contributed by atoms with Crippen molar-refractivity contribution >= 4 is 80.2 Å². The molecule has 0 N–H and O–H groups in total. The molecule has 12 rings (SSSR count). The minimum absolute atomic E-state index is 0.0836. The normalized spacial score (nSPS) is 15.8. The first-order chi connectivity index (χ1) is 50.9. The quantitative estimate of drug-likeness (QED) is 0.0840. The van der Waals surface area contributed by atoms with Gasteiger partial charge in [0.05, 0.1) is 87.9 Å². The Bertz CT molecular complexity index is 4540. The highest BCUT2D eigenvalue weighted by Crippen LogP contribution is 2.42. The third-order valence-corrected chi connectivity index (χ3v) is 24.1. The molecule has 107 heavy (non-hydrogen) atoms. The first-order valence-electron chi connectivity index (χ1n) is 33.9. The van der Waals surface area contributed by atoms with E-state index < -0.39 is 45.1 Å². The van der Waals surface area contributed by atoms with Crippen LogP contribution < -0.4 is 4.74 Å². The van der Waals surface area contributed by atoms with E-state index in [9.17, 15) is 69.0 Å². The van der Waals surface area contributed by atoms with E-state index in [-0.39, 0.29) is 11.5 Å². The standard InChI is InChI=1S/C20H19F3N2O2S2.C20H19F3N2OS.C20H19F3N2S2.C19H19ClN2OS/c1-14-8-17(20(21,22)23)11-18(9-14)28-19-3-2-15(12-24)10-16(19)13-25-4-6-29(26,27)7-5-25;2*1-14-8-17(20(21,22)23)11-18(9-14)27-19-3-2-15(12-24)10-16(19)13-25-4-6-26-7-5-25;1-14-8-17(20)11-18(9-14)23-19-3-2-15(12-21)10-16(19)13-22-4-6-24-7-5-22/h2-3,8-11H,4-7,13H2,1H3;2*2-3,8-11H,4-7,13H2,1H3;2-3,8-11H,4-7,13H2,1H3. The van der Waals surface area contributed by atoms with Crippen molar-refractivity contribution in [3.8, 4) is 35.8 Å². The Morgan fingerprint density at radius 2 is 0.757 bits per heavy atom. The zero-order valence-corrected chi connectivity index (χ0v) is 64.6. The molecule has 562 valence electrons. The summed E-state index contributed by atoms with van der Waals surface area (Å²) in [5, 5.41) is 37.5. The number of ether oxygens (including phenoxy) is 2. The molecule has 0 unspecified atom stereocenters. The molecule has 0 atom stereocenters. The third-order valence-electron chi connectivity index (χ3n) is 17.1. The van der Waals surface area contributed by atoms with Gasteiger partial charge in [0.15, 0.2) is 9.84 Å². The third kappa shape index (κ3) is 26.5.